The molecule has 0 saturated carbocycles. The van der Waals surface area contributed by atoms with E-state index in [4.69, 9.17) is 14.2 Å². The van der Waals surface area contributed by atoms with E-state index in [0.29, 0.717) is 24.5 Å². The number of carbonyl (C=O) groups excluding carboxylic acids is 1. The van der Waals surface area contributed by atoms with Crippen molar-refractivity contribution in [3.8, 4) is 5.75 Å². The van der Waals surface area contributed by atoms with Gasteiger partial charge in [-0.1, -0.05) is 42.5 Å². The fourth-order valence-electron chi connectivity index (χ4n) is 2.40. The van der Waals surface area contributed by atoms with Crippen molar-refractivity contribution in [1.82, 2.24) is 0 Å². The molecule has 0 fully saturated rings. The zero-order valence-corrected chi connectivity index (χ0v) is 14.6. The number of esters is 1. The molecule has 5 nitrogen and oxygen atoms in total. The SMILES string of the molecule is CCOC(=O)C(OCC)C(O)c1cccc(OCc2ccccc2)c1. The highest BCUT2D eigenvalue weighted by atomic mass is 16.6. The molecule has 0 bridgehead atoms. The highest BCUT2D eigenvalue weighted by Gasteiger charge is 2.30. The van der Waals surface area contributed by atoms with Gasteiger partial charge in [0.25, 0.3) is 0 Å². The molecule has 5 heteroatoms. The van der Waals surface area contributed by atoms with Gasteiger partial charge in [0.1, 0.15) is 18.5 Å². The molecule has 0 aromatic heterocycles. The Balaban J connectivity index is 2.08. The Bertz CT molecular complexity index is 656. The van der Waals surface area contributed by atoms with Crippen molar-refractivity contribution in [3.63, 3.8) is 0 Å². The second kappa shape index (κ2) is 9.81. The number of benzene rings is 2. The van der Waals surface area contributed by atoms with E-state index in [1.165, 1.54) is 0 Å². The number of aliphatic hydroxyl groups excluding tert-OH is 1. The van der Waals surface area contributed by atoms with E-state index in [1.54, 1.807) is 38.1 Å². The van der Waals surface area contributed by atoms with Crippen molar-refractivity contribution in [2.45, 2.75) is 32.7 Å². The van der Waals surface area contributed by atoms with Crippen molar-refractivity contribution >= 4 is 5.97 Å². The largest absolute Gasteiger partial charge is 0.489 e. The van der Waals surface area contributed by atoms with Gasteiger partial charge in [-0.3, -0.25) is 0 Å². The topological polar surface area (TPSA) is 65.0 Å². The lowest BCUT2D eigenvalue weighted by atomic mass is 10.0. The molecular formula is C20H24O5. The van der Waals surface area contributed by atoms with Crippen molar-refractivity contribution < 1.29 is 24.1 Å². The Morgan fingerprint density at radius 2 is 1.80 bits per heavy atom. The molecule has 0 aliphatic heterocycles. The summed E-state index contributed by atoms with van der Waals surface area (Å²) < 4.78 is 16.1. The third kappa shape index (κ3) is 5.59. The first kappa shape index (κ1) is 19.0. The average Bonchev–Trinajstić information content (AvgIpc) is 2.65. The lowest BCUT2D eigenvalue weighted by molar-refractivity contribution is -0.164. The smallest absolute Gasteiger partial charge is 0.338 e. The molecule has 0 heterocycles. The Hall–Kier alpha value is -2.37. The molecule has 2 aromatic carbocycles. The number of rotatable bonds is 9. The van der Waals surface area contributed by atoms with Crippen LogP contribution in [0.2, 0.25) is 0 Å². The van der Waals surface area contributed by atoms with Crippen LogP contribution in [0, 0.1) is 0 Å². The summed E-state index contributed by atoms with van der Waals surface area (Å²) >= 11 is 0. The maximum atomic E-state index is 12.0. The van der Waals surface area contributed by atoms with E-state index in [-0.39, 0.29) is 6.61 Å². The summed E-state index contributed by atoms with van der Waals surface area (Å²) in [6, 6.07) is 16.8. The van der Waals surface area contributed by atoms with Crippen molar-refractivity contribution in [2.75, 3.05) is 13.2 Å². The minimum absolute atomic E-state index is 0.232. The Kier molecular flexibility index (Phi) is 7.44. The number of ether oxygens (including phenoxy) is 3. The third-order valence-electron chi connectivity index (χ3n) is 3.60. The highest BCUT2D eigenvalue weighted by Crippen LogP contribution is 2.24. The van der Waals surface area contributed by atoms with Gasteiger partial charge < -0.3 is 19.3 Å². The molecule has 0 amide bonds. The normalized spacial score (nSPS) is 13.1. The van der Waals surface area contributed by atoms with Gasteiger partial charge in [-0.15, -0.1) is 0 Å². The zero-order valence-electron chi connectivity index (χ0n) is 14.6. The van der Waals surface area contributed by atoms with Gasteiger partial charge in [0.05, 0.1) is 6.61 Å². The zero-order chi connectivity index (χ0) is 18.1. The predicted octanol–water partition coefficient (Wildman–Crippen LogP) is 3.27. The molecule has 2 unspecified atom stereocenters. The maximum absolute atomic E-state index is 12.0. The first-order chi connectivity index (χ1) is 12.2. The summed E-state index contributed by atoms with van der Waals surface area (Å²) in [5.74, 6) is 0.0342. The van der Waals surface area contributed by atoms with Crippen LogP contribution in [0.5, 0.6) is 5.75 Å². The lowest BCUT2D eigenvalue weighted by Crippen LogP contribution is -2.33. The monoisotopic (exact) mass is 344 g/mol. The molecular weight excluding hydrogens is 320 g/mol. The van der Waals surface area contributed by atoms with E-state index >= 15 is 0 Å². The van der Waals surface area contributed by atoms with Crippen LogP contribution in [0.25, 0.3) is 0 Å². The first-order valence-electron chi connectivity index (χ1n) is 8.38. The van der Waals surface area contributed by atoms with Crippen LogP contribution in [-0.2, 0) is 20.9 Å². The summed E-state index contributed by atoms with van der Waals surface area (Å²) in [6.45, 7) is 4.43. The van der Waals surface area contributed by atoms with Crippen LogP contribution in [0.1, 0.15) is 31.1 Å². The van der Waals surface area contributed by atoms with Crippen LogP contribution in [0.3, 0.4) is 0 Å². The fraction of sp³-hybridized carbons (Fsp3) is 0.350. The summed E-state index contributed by atoms with van der Waals surface area (Å²) in [7, 11) is 0. The van der Waals surface area contributed by atoms with E-state index < -0.39 is 18.2 Å². The molecule has 0 saturated heterocycles. The van der Waals surface area contributed by atoms with Gasteiger partial charge in [-0.25, -0.2) is 4.79 Å². The maximum Gasteiger partial charge on any atom is 0.338 e. The first-order valence-corrected chi connectivity index (χ1v) is 8.38. The molecule has 0 spiro atoms. The fourth-order valence-corrected chi connectivity index (χ4v) is 2.40. The number of aliphatic hydroxyl groups is 1. The van der Waals surface area contributed by atoms with Crippen LogP contribution in [0.4, 0.5) is 0 Å². The van der Waals surface area contributed by atoms with Gasteiger partial charge in [0.15, 0.2) is 6.10 Å². The van der Waals surface area contributed by atoms with Crippen molar-refractivity contribution in [3.05, 3.63) is 65.7 Å². The van der Waals surface area contributed by atoms with Gasteiger partial charge >= 0.3 is 5.97 Å². The van der Waals surface area contributed by atoms with Crippen LogP contribution in [-0.4, -0.2) is 30.4 Å². The van der Waals surface area contributed by atoms with Crippen molar-refractivity contribution in [1.29, 1.82) is 0 Å². The number of hydrogen-bond donors (Lipinski definition) is 1. The molecule has 0 radical (unpaired) electrons. The molecule has 25 heavy (non-hydrogen) atoms. The van der Waals surface area contributed by atoms with Crippen LogP contribution >= 0.6 is 0 Å². The van der Waals surface area contributed by atoms with Gasteiger partial charge in [-0.2, -0.15) is 0 Å². The summed E-state index contributed by atoms with van der Waals surface area (Å²) in [4.78, 5) is 12.0. The van der Waals surface area contributed by atoms with Gasteiger partial charge in [0.2, 0.25) is 0 Å². The number of hydrogen-bond acceptors (Lipinski definition) is 5. The van der Waals surface area contributed by atoms with E-state index in [2.05, 4.69) is 0 Å². The van der Waals surface area contributed by atoms with E-state index in [1.807, 2.05) is 30.3 Å². The third-order valence-corrected chi connectivity index (χ3v) is 3.60. The van der Waals surface area contributed by atoms with Crippen LogP contribution < -0.4 is 4.74 Å². The van der Waals surface area contributed by atoms with Gasteiger partial charge in [0, 0.05) is 6.61 Å². The summed E-state index contributed by atoms with van der Waals surface area (Å²) in [6.07, 6.45) is -2.19. The molecule has 2 rings (SSSR count). The molecule has 0 aliphatic rings. The van der Waals surface area contributed by atoms with E-state index in [0.717, 1.165) is 5.56 Å². The summed E-state index contributed by atoms with van der Waals surface area (Å²) in [5.41, 5.74) is 1.59. The standard InChI is InChI=1S/C20H24O5/c1-3-23-19(20(22)24-4-2)18(21)16-11-8-12-17(13-16)25-14-15-9-6-5-7-10-15/h5-13,18-19,21H,3-4,14H2,1-2H3. The molecule has 134 valence electrons. The quantitative estimate of drug-likeness (QED) is 0.707. The highest BCUT2D eigenvalue weighted by molar-refractivity contribution is 5.75. The molecule has 1 N–H and O–H groups in total. The molecule has 0 aliphatic carbocycles. The van der Waals surface area contributed by atoms with Crippen LogP contribution in [0.15, 0.2) is 54.6 Å². The molecule has 2 atom stereocenters. The molecule has 2 aromatic rings. The Morgan fingerprint density at radius 3 is 2.48 bits per heavy atom. The minimum atomic E-state index is -1.13. The second-order valence-electron chi connectivity index (χ2n) is 5.42. The van der Waals surface area contributed by atoms with E-state index in [9.17, 15) is 9.90 Å². The average molecular weight is 344 g/mol. The predicted molar refractivity (Wildman–Crippen MR) is 94.2 cm³/mol. The van der Waals surface area contributed by atoms with Gasteiger partial charge in [-0.05, 0) is 37.1 Å². The second-order valence-corrected chi connectivity index (χ2v) is 5.42. The van der Waals surface area contributed by atoms with Crippen molar-refractivity contribution in [2.24, 2.45) is 0 Å². The minimum Gasteiger partial charge on any atom is -0.489 e. The number of carbonyl (C=O) groups is 1. The Morgan fingerprint density at radius 1 is 1.04 bits per heavy atom. The lowest BCUT2D eigenvalue weighted by Gasteiger charge is -2.21. The summed E-state index contributed by atoms with van der Waals surface area (Å²) in [5, 5.41) is 10.5. The Labute approximate surface area is 148 Å².